The van der Waals surface area contributed by atoms with Crippen LogP contribution in [0.3, 0.4) is 0 Å². The zero-order valence-electron chi connectivity index (χ0n) is 17.8. The van der Waals surface area contributed by atoms with Crippen LogP contribution in [-0.2, 0) is 16.4 Å². The Bertz CT molecular complexity index is 1170. The van der Waals surface area contributed by atoms with Crippen molar-refractivity contribution in [1.82, 2.24) is 15.0 Å². The molecule has 1 amide bonds. The molecule has 2 aromatic heterocycles. The summed E-state index contributed by atoms with van der Waals surface area (Å²) in [6, 6.07) is 6.37. The molecule has 174 valence electrons. The van der Waals surface area contributed by atoms with Gasteiger partial charge in [0.1, 0.15) is 16.1 Å². The molecule has 1 aromatic carbocycles. The molecule has 0 spiro atoms. The van der Waals surface area contributed by atoms with E-state index in [1.165, 1.54) is 11.3 Å². The maximum atomic E-state index is 13.0. The van der Waals surface area contributed by atoms with Gasteiger partial charge in [0.25, 0.3) is 0 Å². The Balaban J connectivity index is 1.63. The molecule has 0 saturated heterocycles. The fourth-order valence-electron chi connectivity index (χ4n) is 4.03. The Kier molecular flexibility index (Phi) is 6.10. The smallest absolute Gasteiger partial charge is 0.369 e. The van der Waals surface area contributed by atoms with Gasteiger partial charge in [0.2, 0.25) is 11.9 Å². The minimum atomic E-state index is -4.56. The summed E-state index contributed by atoms with van der Waals surface area (Å²) >= 11 is 1.39. The first-order valence-electron chi connectivity index (χ1n) is 10.4. The lowest BCUT2D eigenvalue weighted by Gasteiger charge is -2.34. The number of aryl methyl sites for hydroxylation is 1. The molecule has 2 heterocycles. The second-order valence-electron chi connectivity index (χ2n) is 8.29. The number of rotatable bonds is 5. The number of thiazole rings is 1. The summed E-state index contributed by atoms with van der Waals surface area (Å²) in [6.45, 7) is 1.87. The van der Waals surface area contributed by atoms with E-state index in [0.717, 1.165) is 28.3 Å². The Labute approximate surface area is 192 Å². The van der Waals surface area contributed by atoms with Gasteiger partial charge in [-0.05, 0) is 61.9 Å². The van der Waals surface area contributed by atoms with Crippen LogP contribution in [0.25, 0.3) is 10.4 Å². The molecule has 0 bridgehead atoms. The Morgan fingerprint density at radius 2 is 1.94 bits per heavy atom. The van der Waals surface area contributed by atoms with Gasteiger partial charge in [-0.2, -0.15) is 13.2 Å². The lowest BCUT2D eigenvalue weighted by molar-refractivity contribution is -0.141. The van der Waals surface area contributed by atoms with Gasteiger partial charge in [-0.15, -0.1) is 11.3 Å². The molecule has 5 N–H and O–H groups in total. The number of nitrogens with one attached hydrogen (secondary N) is 1. The van der Waals surface area contributed by atoms with E-state index in [1.54, 1.807) is 18.3 Å². The summed E-state index contributed by atoms with van der Waals surface area (Å²) in [5.74, 6) is -0.554. The van der Waals surface area contributed by atoms with Crippen LogP contribution in [0.5, 0.6) is 0 Å². The lowest BCUT2D eigenvalue weighted by Crippen LogP contribution is -2.46. The zero-order chi connectivity index (χ0) is 23.8. The van der Waals surface area contributed by atoms with Gasteiger partial charge in [-0.3, -0.25) is 4.79 Å². The van der Waals surface area contributed by atoms with Gasteiger partial charge in [-0.1, -0.05) is 6.07 Å². The first-order chi connectivity index (χ1) is 15.6. The molecule has 0 radical (unpaired) electrons. The van der Waals surface area contributed by atoms with Crippen LogP contribution >= 0.6 is 11.3 Å². The summed E-state index contributed by atoms with van der Waals surface area (Å²) in [4.78, 5) is 25.2. The van der Waals surface area contributed by atoms with Gasteiger partial charge in [0, 0.05) is 24.1 Å². The van der Waals surface area contributed by atoms with Crippen molar-refractivity contribution in [2.75, 3.05) is 5.32 Å². The number of anilines is 2. The summed E-state index contributed by atoms with van der Waals surface area (Å²) in [5.41, 5.74) is 12.2. The van der Waals surface area contributed by atoms with E-state index >= 15 is 0 Å². The Hall–Kier alpha value is -3.05. The molecular formula is C22H23F3N6OS. The summed E-state index contributed by atoms with van der Waals surface area (Å²) in [6.07, 6.45) is 0.715. The number of carbonyl (C=O) groups excluding carboxylic acids is 1. The third-order valence-corrected chi connectivity index (χ3v) is 7.09. The SMILES string of the molecule is Cc1cc(Nc2nccc(C(F)(F)F)n2)cc(-c2cnc([C@]3(C(N)=O)CC[C@H](N)CC3)s2)c1. The van der Waals surface area contributed by atoms with Crippen LogP contribution in [0.1, 0.15) is 41.9 Å². The fraction of sp³-hybridized carbons (Fsp3) is 0.364. The molecule has 1 aliphatic carbocycles. The molecule has 1 fully saturated rings. The Morgan fingerprint density at radius 1 is 1.21 bits per heavy atom. The number of halogens is 3. The van der Waals surface area contributed by atoms with Crippen molar-refractivity contribution < 1.29 is 18.0 Å². The lowest BCUT2D eigenvalue weighted by atomic mass is 9.72. The minimum Gasteiger partial charge on any atom is -0.369 e. The quantitative estimate of drug-likeness (QED) is 0.505. The van der Waals surface area contributed by atoms with E-state index in [2.05, 4.69) is 20.3 Å². The number of nitrogens with zero attached hydrogens (tertiary/aromatic N) is 3. The van der Waals surface area contributed by atoms with Crippen molar-refractivity contribution in [3.05, 3.63) is 52.9 Å². The molecule has 11 heteroatoms. The number of carbonyl (C=O) groups is 1. The summed E-state index contributed by atoms with van der Waals surface area (Å²) < 4.78 is 38.9. The monoisotopic (exact) mass is 476 g/mol. The molecule has 0 aliphatic heterocycles. The van der Waals surface area contributed by atoms with Crippen LogP contribution in [0.15, 0.2) is 36.7 Å². The number of hydrogen-bond donors (Lipinski definition) is 3. The number of alkyl halides is 3. The van der Waals surface area contributed by atoms with Crippen LogP contribution < -0.4 is 16.8 Å². The van der Waals surface area contributed by atoms with Gasteiger partial charge < -0.3 is 16.8 Å². The van der Waals surface area contributed by atoms with Crippen molar-refractivity contribution in [3.63, 3.8) is 0 Å². The molecule has 1 saturated carbocycles. The average molecular weight is 477 g/mol. The molecule has 4 rings (SSSR count). The van der Waals surface area contributed by atoms with Crippen molar-refractivity contribution in [2.45, 2.75) is 50.2 Å². The predicted molar refractivity (Wildman–Crippen MR) is 120 cm³/mol. The maximum absolute atomic E-state index is 13.0. The highest BCUT2D eigenvalue weighted by atomic mass is 32.1. The molecule has 3 aromatic rings. The maximum Gasteiger partial charge on any atom is 0.433 e. The van der Waals surface area contributed by atoms with Crippen molar-refractivity contribution in [1.29, 1.82) is 0 Å². The van der Waals surface area contributed by atoms with Crippen molar-refractivity contribution >= 4 is 28.9 Å². The highest BCUT2D eigenvalue weighted by molar-refractivity contribution is 7.15. The minimum absolute atomic E-state index is 0.0559. The normalized spacial score (nSPS) is 21.1. The third kappa shape index (κ3) is 4.83. The molecule has 0 unspecified atom stereocenters. The average Bonchev–Trinajstić information content (AvgIpc) is 3.24. The van der Waals surface area contributed by atoms with Gasteiger partial charge in [-0.25, -0.2) is 15.0 Å². The van der Waals surface area contributed by atoms with E-state index in [0.29, 0.717) is 36.4 Å². The summed E-state index contributed by atoms with van der Waals surface area (Å²) in [7, 11) is 0. The van der Waals surface area contributed by atoms with Gasteiger partial charge in [0.15, 0.2) is 0 Å². The largest absolute Gasteiger partial charge is 0.433 e. The number of nitrogens with two attached hydrogens (primary N) is 2. The molecule has 7 nitrogen and oxygen atoms in total. The van der Waals surface area contributed by atoms with E-state index in [9.17, 15) is 18.0 Å². The van der Waals surface area contributed by atoms with Crippen molar-refractivity contribution in [2.24, 2.45) is 11.5 Å². The number of hydrogen-bond acceptors (Lipinski definition) is 7. The third-order valence-electron chi connectivity index (χ3n) is 5.83. The van der Waals surface area contributed by atoms with Crippen LogP contribution in [0.2, 0.25) is 0 Å². The van der Waals surface area contributed by atoms with E-state index < -0.39 is 23.2 Å². The number of primary amides is 1. The molecule has 33 heavy (non-hydrogen) atoms. The highest BCUT2D eigenvalue weighted by Crippen LogP contribution is 2.43. The molecule has 0 atom stereocenters. The van der Waals surface area contributed by atoms with Crippen molar-refractivity contribution in [3.8, 4) is 10.4 Å². The first-order valence-corrected chi connectivity index (χ1v) is 11.2. The van der Waals surface area contributed by atoms with Crippen LogP contribution in [0.4, 0.5) is 24.8 Å². The topological polar surface area (TPSA) is 120 Å². The van der Waals surface area contributed by atoms with Crippen LogP contribution in [0, 0.1) is 6.92 Å². The standard InChI is InChI=1S/C22H23F3N6OS/c1-12-8-13(10-15(9-12)30-20-28-7-4-17(31-20)22(23,24)25)16-11-29-19(33-16)21(18(27)32)5-2-14(26)3-6-21/h4,7-11,14H,2-3,5-6,26H2,1H3,(H2,27,32)(H,28,30,31)/t14-,21+. The fourth-order valence-corrected chi connectivity index (χ4v) is 5.19. The second-order valence-corrected chi connectivity index (χ2v) is 9.32. The van der Waals surface area contributed by atoms with Gasteiger partial charge >= 0.3 is 6.18 Å². The van der Waals surface area contributed by atoms with E-state index in [4.69, 9.17) is 11.5 Å². The van der Waals surface area contributed by atoms with E-state index in [1.807, 2.05) is 13.0 Å². The van der Waals surface area contributed by atoms with E-state index in [-0.39, 0.29) is 12.0 Å². The Morgan fingerprint density at radius 3 is 2.61 bits per heavy atom. The number of aromatic nitrogens is 3. The molecular weight excluding hydrogens is 453 g/mol. The number of benzene rings is 1. The first kappa shape index (κ1) is 23.1. The van der Waals surface area contributed by atoms with Gasteiger partial charge in [0.05, 0.1) is 4.88 Å². The summed E-state index contributed by atoms with van der Waals surface area (Å²) in [5, 5.41) is 3.50. The highest BCUT2D eigenvalue weighted by Gasteiger charge is 2.43. The van der Waals surface area contributed by atoms with Crippen LogP contribution in [-0.4, -0.2) is 26.9 Å². The second kappa shape index (κ2) is 8.71. The predicted octanol–water partition coefficient (Wildman–Crippen LogP) is 4.30. The molecule has 1 aliphatic rings. The number of amides is 1. The zero-order valence-corrected chi connectivity index (χ0v) is 18.6.